The van der Waals surface area contributed by atoms with Gasteiger partial charge in [-0.25, -0.2) is 4.79 Å². The van der Waals surface area contributed by atoms with Gasteiger partial charge in [-0.1, -0.05) is 22.0 Å². The largest absolute Gasteiger partial charge is 0.492 e. The van der Waals surface area contributed by atoms with E-state index in [2.05, 4.69) is 26.6 Å². The van der Waals surface area contributed by atoms with Gasteiger partial charge in [-0.15, -0.1) is 0 Å². The smallest absolute Gasteiger partial charge is 0.409 e. The first-order chi connectivity index (χ1) is 9.35. The Bertz CT molecular complexity index is 500. The Morgan fingerprint density at radius 2 is 2.25 bits per heavy atom. The van der Waals surface area contributed by atoms with E-state index < -0.39 is 11.7 Å². The third-order valence-electron chi connectivity index (χ3n) is 2.66. The van der Waals surface area contributed by atoms with Crippen LogP contribution in [0.5, 0.6) is 5.75 Å². The van der Waals surface area contributed by atoms with Crippen LogP contribution in [0.15, 0.2) is 22.7 Å². The lowest BCUT2D eigenvalue weighted by Crippen LogP contribution is -2.41. The number of hydrogen-bond acceptors (Lipinski definition) is 4. The predicted molar refractivity (Wildman–Crippen MR) is 79.8 cm³/mol. The molecule has 1 heterocycles. The van der Waals surface area contributed by atoms with Crippen molar-refractivity contribution in [2.24, 2.45) is 0 Å². The summed E-state index contributed by atoms with van der Waals surface area (Å²) in [4.78, 5) is 11.9. The van der Waals surface area contributed by atoms with Gasteiger partial charge < -0.3 is 14.8 Å². The molecule has 1 aliphatic heterocycles. The average Bonchev–Trinajstić information content (AvgIpc) is 2.49. The molecule has 1 unspecified atom stereocenters. The van der Waals surface area contributed by atoms with E-state index in [-0.39, 0.29) is 6.17 Å². The molecule has 0 aliphatic carbocycles. The van der Waals surface area contributed by atoms with Gasteiger partial charge in [-0.05, 0) is 32.9 Å². The summed E-state index contributed by atoms with van der Waals surface area (Å²) in [6, 6.07) is 5.73. The molecule has 0 spiro atoms. The number of nitrogens with one attached hydrogen (secondary N) is 2. The van der Waals surface area contributed by atoms with Crippen LogP contribution in [-0.4, -0.2) is 24.8 Å². The molecule has 2 N–H and O–H groups in total. The molecular formula is C14H19BrN2O3. The number of carbonyl (C=O) groups is 1. The zero-order valence-corrected chi connectivity index (χ0v) is 13.4. The van der Waals surface area contributed by atoms with E-state index >= 15 is 0 Å². The molecule has 1 aromatic rings. The molecule has 1 aliphatic rings. The first kappa shape index (κ1) is 15.1. The molecule has 5 nitrogen and oxygen atoms in total. The second kappa shape index (κ2) is 6.01. The number of fused-ring (bicyclic) bond motifs is 1. The van der Waals surface area contributed by atoms with E-state index in [1.807, 2.05) is 39.0 Å². The second-order valence-electron chi connectivity index (χ2n) is 5.56. The summed E-state index contributed by atoms with van der Waals surface area (Å²) in [5.74, 6) is 0.755. The Morgan fingerprint density at radius 1 is 1.50 bits per heavy atom. The van der Waals surface area contributed by atoms with Crippen LogP contribution in [0.3, 0.4) is 0 Å². The number of rotatable bonds is 1. The minimum absolute atomic E-state index is 0.324. The highest BCUT2D eigenvalue weighted by Crippen LogP contribution is 2.29. The molecule has 20 heavy (non-hydrogen) atoms. The van der Waals surface area contributed by atoms with Crippen molar-refractivity contribution in [2.45, 2.75) is 32.5 Å². The molecule has 0 radical (unpaired) electrons. The zero-order chi connectivity index (χ0) is 14.8. The Morgan fingerprint density at radius 3 is 2.95 bits per heavy atom. The van der Waals surface area contributed by atoms with Crippen LogP contribution in [0.1, 0.15) is 32.5 Å². The van der Waals surface area contributed by atoms with Crippen molar-refractivity contribution >= 4 is 22.0 Å². The Hall–Kier alpha value is -1.27. The normalized spacial score (nSPS) is 18.5. The van der Waals surface area contributed by atoms with Gasteiger partial charge in [0.25, 0.3) is 0 Å². The summed E-state index contributed by atoms with van der Waals surface area (Å²) < 4.78 is 11.9. The minimum atomic E-state index is -0.520. The van der Waals surface area contributed by atoms with Crippen molar-refractivity contribution < 1.29 is 14.3 Å². The quantitative estimate of drug-likeness (QED) is 0.823. The summed E-state index contributed by atoms with van der Waals surface area (Å²) in [5.41, 5.74) is 0.366. The number of carbonyl (C=O) groups excluding carboxylic acids is 1. The number of amides is 1. The lowest BCUT2D eigenvalue weighted by Gasteiger charge is -2.24. The molecule has 1 aromatic carbocycles. The van der Waals surface area contributed by atoms with Crippen LogP contribution in [-0.2, 0) is 4.74 Å². The monoisotopic (exact) mass is 342 g/mol. The lowest BCUT2D eigenvalue weighted by molar-refractivity contribution is 0.0494. The molecule has 1 amide bonds. The minimum Gasteiger partial charge on any atom is -0.492 e. The molecular weight excluding hydrogens is 324 g/mol. The maximum Gasteiger partial charge on any atom is 0.409 e. The maximum absolute atomic E-state index is 11.9. The van der Waals surface area contributed by atoms with Crippen LogP contribution in [0.2, 0.25) is 0 Å². The highest BCUT2D eigenvalue weighted by atomic mass is 79.9. The summed E-state index contributed by atoms with van der Waals surface area (Å²) in [6.45, 7) is 6.70. The van der Waals surface area contributed by atoms with Crippen LogP contribution in [0, 0.1) is 0 Å². The topological polar surface area (TPSA) is 59.6 Å². The molecule has 0 bridgehead atoms. The fourth-order valence-electron chi connectivity index (χ4n) is 1.90. The van der Waals surface area contributed by atoms with E-state index in [9.17, 15) is 4.79 Å². The number of benzene rings is 1. The zero-order valence-electron chi connectivity index (χ0n) is 11.8. The molecule has 0 fully saturated rings. The van der Waals surface area contributed by atoms with Crippen molar-refractivity contribution in [1.29, 1.82) is 0 Å². The van der Waals surface area contributed by atoms with Gasteiger partial charge in [0.15, 0.2) is 0 Å². The Labute approximate surface area is 127 Å². The highest BCUT2D eigenvalue weighted by Gasteiger charge is 2.24. The molecule has 0 aromatic heterocycles. The second-order valence-corrected chi connectivity index (χ2v) is 6.48. The fourth-order valence-corrected chi connectivity index (χ4v) is 2.24. The third-order valence-corrected chi connectivity index (χ3v) is 3.15. The van der Waals surface area contributed by atoms with Crippen molar-refractivity contribution in [2.75, 3.05) is 13.2 Å². The van der Waals surface area contributed by atoms with Gasteiger partial charge >= 0.3 is 6.09 Å². The predicted octanol–water partition coefficient (Wildman–Crippen LogP) is 2.95. The van der Waals surface area contributed by atoms with E-state index in [0.29, 0.717) is 13.2 Å². The van der Waals surface area contributed by atoms with Crippen molar-refractivity contribution in [3.63, 3.8) is 0 Å². The number of hydrogen-bond donors (Lipinski definition) is 2. The number of ether oxygens (including phenoxy) is 2. The van der Waals surface area contributed by atoms with E-state index in [1.165, 1.54) is 0 Å². The van der Waals surface area contributed by atoms with Crippen LogP contribution < -0.4 is 15.4 Å². The highest BCUT2D eigenvalue weighted by molar-refractivity contribution is 9.10. The first-order valence-electron chi connectivity index (χ1n) is 6.50. The Balaban J connectivity index is 2.14. The Kier molecular flexibility index (Phi) is 4.55. The summed E-state index contributed by atoms with van der Waals surface area (Å²) >= 11 is 3.41. The fraction of sp³-hybridized carbons (Fsp3) is 0.500. The first-order valence-corrected chi connectivity index (χ1v) is 7.29. The molecule has 0 saturated carbocycles. The van der Waals surface area contributed by atoms with Gasteiger partial charge in [-0.2, -0.15) is 0 Å². The summed E-state index contributed by atoms with van der Waals surface area (Å²) in [6.07, 6.45) is -0.777. The van der Waals surface area contributed by atoms with Crippen LogP contribution in [0.25, 0.3) is 0 Å². The lowest BCUT2D eigenvalue weighted by atomic mass is 10.1. The van der Waals surface area contributed by atoms with E-state index in [0.717, 1.165) is 15.8 Å². The SMILES string of the molecule is CC(C)(C)OC(=O)NC1NCCOc2cc(Br)ccc21. The maximum atomic E-state index is 11.9. The molecule has 110 valence electrons. The van der Waals surface area contributed by atoms with Gasteiger partial charge in [0.2, 0.25) is 0 Å². The standard InChI is InChI=1S/C14H19BrN2O3/c1-14(2,3)20-13(18)17-12-10-5-4-9(15)8-11(10)19-7-6-16-12/h4-5,8,12,16H,6-7H2,1-3H3,(H,17,18). The average molecular weight is 343 g/mol. The van der Waals surface area contributed by atoms with Crippen molar-refractivity contribution in [3.8, 4) is 5.75 Å². The van der Waals surface area contributed by atoms with Gasteiger partial charge in [0.1, 0.15) is 24.1 Å². The van der Waals surface area contributed by atoms with Crippen molar-refractivity contribution in [3.05, 3.63) is 28.2 Å². The number of alkyl carbamates (subject to hydrolysis) is 1. The third kappa shape index (κ3) is 4.11. The van der Waals surface area contributed by atoms with Crippen LogP contribution in [0.4, 0.5) is 4.79 Å². The van der Waals surface area contributed by atoms with Crippen molar-refractivity contribution in [1.82, 2.24) is 10.6 Å². The molecule has 1 atom stereocenters. The van der Waals surface area contributed by atoms with Gasteiger partial charge in [-0.3, -0.25) is 5.32 Å². The summed E-state index contributed by atoms with van der Waals surface area (Å²) in [7, 11) is 0. The molecule has 2 rings (SSSR count). The molecule has 0 saturated heterocycles. The van der Waals surface area contributed by atoms with E-state index in [4.69, 9.17) is 9.47 Å². The van der Waals surface area contributed by atoms with Gasteiger partial charge in [0.05, 0.1) is 0 Å². The van der Waals surface area contributed by atoms with E-state index in [1.54, 1.807) is 0 Å². The number of halogens is 1. The summed E-state index contributed by atoms with van der Waals surface area (Å²) in [5, 5.41) is 6.05. The van der Waals surface area contributed by atoms with Gasteiger partial charge in [0, 0.05) is 16.6 Å². The van der Waals surface area contributed by atoms with Crippen LogP contribution >= 0.6 is 15.9 Å². The molecule has 6 heteroatoms.